The highest BCUT2D eigenvalue weighted by atomic mass is 16.3. The maximum Gasteiger partial charge on any atom is 0.160 e. The largest absolute Gasteiger partial charge is 0.456 e. The van der Waals surface area contributed by atoms with Gasteiger partial charge >= 0.3 is 0 Å². The molecular formula is C65H39N5O2. The molecule has 5 heterocycles. The summed E-state index contributed by atoms with van der Waals surface area (Å²) in [4.78, 5) is 11.2. The second-order valence-electron chi connectivity index (χ2n) is 18.9. The summed E-state index contributed by atoms with van der Waals surface area (Å²) in [7, 11) is 0. The monoisotopic (exact) mass is 921 g/mol. The van der Waals surface area contributed by atoms with Gasteiger partial charge in [-0.25, -0.2) is 9.98 Å². The molecule has 0 fully saturated rings. The molecule has 0 spiro atoms. The van der Waals surface area contributed by atoms with E-state index in [9.17, 15) is 0 Å². The third-order valence-corrected chi connectivity index (χ3v) is 14.9. The molecule has 0 radical (unpaired) electrons. The molecular weight excluding hydrogens is 883 g/mol. The average molecular weight is 922 g/mol. The number of nitrogens with zero attached hydrogens (tertiary/aromatic N) is 4. The number of nitrogens with one attached hydrogen (secondary N) is 1. The summed E-state index contributed by atoms with van der Waals surface area (Å²) in [5.74, 6) is 1.32. The second kappa shape index (κ2) is 14.9. The number of hydrogen-bond donors (Lipinski definition) is 1. The van der Waals surface area contributed by atoms with Gasteiger partial charge in [-0.3, -0.25) is 0 Å². The number of rotatable bonds is 5. The highest BCUT2D eigenvalue weighted by molar-refractivity contribution is 6.26. The van der Waals surface area contributed by atoms with Gasteiger partial charge in [0, 0.05) is 65.3 Å². The molecule has 0 amide bonds. The third kappa shape index (κ3) is 5.67. The van der Waals surface area contributed by atoms with E-state index >= 15 is 0 Å². The van der Waals surface area contributed by atoms with Gasteiger partial charge in [-0.2, -0.15) is 0 Å². The molecule has 1 N–H and O–H groups in total. The molecule has 336 valence electrons. The van der Waals surface area contributed by atoms with Gasteiger partial charge in [0.1, 0.15) is 28.8 Å². The minimum atomic E-state index is -0.504. The molecule has 1 aliphatic heterocycles. The summed E-state index contributed by atoms with van der Waals surface area (Å²) in [6.45, 7) is 0. The molecule has 7 heteroatoms. The summed E-state index contributed by atoms with van der Waals surface area (Å²) >= 11 is 0. The van der Waals surface area contributed by atoms with Crippen LogP contribution >= 0.6 is 0 Å². The van der Waals surface area contributed by atoms with Gasteiger partial charge in [0.2, 0.25) is 0 Å². The first kappa shape index (κ1) is 39.2. The van der Waals surface area contributed by atoms with E-state index in [2.05, 4.69) is 227 Å². The molecule has 1 aliphatic rings. The fourth-order valence-electron chi connectivity index (χ4n) is 11.6. The van der Waals surface area contributed by atoms with Crippen LogP contribution in [0.1, 0.15) is 22.9 Å². The molecule has 0 saturated carbocycles. The van der Waals surface area contributed by atoms with E-state index in [1.54, 1.807) is 0 Å². The lowest BCUT2D eigenvalue weighted by atomic mass is 10.0. The minimum absolute atomic E-state index is 0.504. The summed E-state index contributed by atoms with van der Waals surface area (Å²) in [5.41, 5.74) is 12.6. The lowest BCUT2D eigenvalue weighted by Crippen LogP contribution is -2.33. The van der Waals surface area contributed by atoms with Crippen molar-refractivity contribution in [3.63, 3.8) is 0 Å². The smallest absolute Gasteiger partial charge is 0.160 e. The van der Waals surface area contributed by atoms with E-state index in [0.717, 1.165) is 105 Å². The van der Waals surface area contributed by atoms with Crippen molar-refractivity contribution in [3.05, 3.63) is 241 Å². The normalized spacial score (nSPS) is 14.2. The van der Waals surface area contributed by atoms with Gasteiger partial charge in [0.15, 0.2) is 11.4 Å². The zero-order valence-corrected chi connectivity index (χ0v) is 38.5. The van der Waals surface area contributed by atoms with Crippen molar-refractivity contribution in [2.75, 3.05) is 0 Å². The van der Waals surface area contributed by atoms with Crippen molar-refractivity contribution in [2.45, 2.75) is 6.17 Å². The minimum Gasteiger partial charge on any atom is -0.456 e. The summed E-state index contributed by atoms with van der Waals surface area (Å²) in [6.07, 6.45) is -0.504. The van der Waals surface area contributed by atoms with Crippen LogP contribution in [0.15, 0.2) is 243 Å². The van der Waals surface area contributed by atoms with Crippen LogP contribution in [-0.2, 0) is 0 Å². The fourth-order valence-corrected chi connectivity index (χ4v) is 11.6. The van der Waals surface area contributed by atoms with Crippen LogP contribution in [0.2, 0.25) is 0 Å². The average Bonchev–Trinajstić information content (AvgIpc) is 4.20. The number of furan rings is 2. The SMILES string of the molecule is c1ccc(-n2c3ccccc3c3ccc(C4N=C(c5ccc(-n6c7ccccc7c7cc8ccccc8cc76)c6oc7c8ccccc8ccc7c56)N=C(c5ccc6oc7ccccc7c6c5)N4)cc32)cc1. The second-order valence-corrected chi connectivity index (χ2v) is 18.9. The highest BCUT2D eigenvalue weighted by Crippen LogP contribution is 2.44. The van der Waals surface area contributed by atoms with E-state index < -0.39 is 6.17 Å². The molecule has 7 nitrogen and oxygen atoms in total. The summed E-state index contributed by atoms with van der Waals surface area (Å²) in [5, 5.41) is 17.2. The maximum atomic E-state index is 7.32. The van der Waals surface area contributed by atoms with Gasteiger partial charge in [0.05, 0.1) is 27.8 Å². The Kier molecular flexibility index (Phi) is 8.10. The molecule has 0 saturated heterocycles. The van der Waals surface area contributed by atoms with Crippen molar-refractivity contribution < 1.29 is 8.83 Å². The van der Waals surface area contributed by atoms with E-state index in [1.165, 1.54) is 32.3 Å². The van der Waals surface area contributed by atoms with Crippen LogP contribution in [0, 0.1) is 0 Å². The molecule has 15 aromatic rings. The lowest BCUT2D eigenvalue weighted by Gasteiger charge is -2.24. The van der Waals surface area contributed by atoms with Gasteiger partial charge in [-0.15, -0.1) is 0 Å². The summed E-state index contributed by atoms with van der Waals surface area (Å²) < 4.78 is 18.4. The van der Waals surface area contributed by atoms with Gasteiger partial charge in [-0.1, -0.05) is 140 Å². The number of hydrogen-bond acceptors (Lipinski definition) is 5. The van der Waals surface area contributed by atoms with Crippen LogP contribution in [0.4, 0.5) is 0 Å². The molecule has 0 aliphatic carbocycles. The molecule has 1 atom stereocenters. The Morgan fingerprint density at radius 3 is 1.90 bits per heavy atom. The number of amidine groups is 2. The van der Waals surface area contributed by atoms with Crippen molar-refractivity contribution >= 4 is 121 Å². The standard InChI is InChI=1S/C65H39N5O2/c1-2-17-43(18-3-1)69-53-23-11-8-20-45(53)47-29-27-42(37-56(47)69)64-66-63(41-28-33-59-52(35-41)48-22-10-13-25-58(48)71-59)67-65(68-64)50-31-32-55(62-60(50)49-30-26-38-14-6-7-19-44(38)61(49)72-62)70-54-24-12-9-21-46(54)51-34-39-15-4-5-16-40(39)36-57(51)70/h1-37,64H,(H,66,67,68). The number of aromatic nitrogens is 2. The molecule has 11 aromatic carbocycles. The Morgan fingerprint density at radius 2 is 1.06 bits per heavy atom. The van der Waals surface area contributed by atoms with Crippen LogP contribution < -0.4 is 5.32 Å². The van der Waals surface area contributed by atoms with E-state index in [1.807, 2.05) is 12.1 Å². The fraction of sp³-hybridized carbons (Fsp3) is 0.0154. The first-order chi connectivity index (χ1) is 35.7. The predicted octanol–water partition coefficient (Wildman–Crippen LogP) is 16.5. The number of para-hydroxylation sites is 4. The Morgan fingerprint density at radius 1 is 0.403 bits per heavy atom. The van der Waals surface area contributed by atoms with E-state index in [-0.39, 0.29) is 0 Å². The van der Waals surface area contributed by atoms with E-state index in [4.69, 9.17) is 18.8 Å². The molecule has 4 aromatic heterocycles. The number of benzene rings is 11. The molecule has 1 unspecified atom stereocenters. The topological polar surface area (TPSA) is 72.9 Å². The molecule has 72 heavy (non-hydrogen) atoms. The first-order valence-corrected chi connectivity index (χ1v) is 24.4. The Hall–Kier alpha value is -9.72. The van der Waals surface area contributed by atoms with Gasteiger partial charge in [-0.05, 0) is 107 Å². The zero-order valence-electron chi connectivity index (χ0n) is 38.5. The Balaban J connectivity index is 0.969. The summed E-state index contributed by atoms with van der Waals surface area (Å²) in [6, 6.07) is 79.7. The highest BCUT2D eigenvalue weighted by Gasteiger charge is 2.28. The maximum absolute atomic E-state index is 7.32. The van der Waals surface area contributed by atoms with Crippen molar-refractivity contribution in [2.24, 2.45) is 9.98 Å². The van der Waals surface area contributed by atoms with Crippen molar-refractivity contribution in [1.29, 1.82) is 0 Å². The Labute approximate surface area is 410 Å². The van der Waals surface area contributed by atoms with Gasteiger partial charge < -0.3 is 23.3 Å². The van der Waals surface area contributed by atoms with Crippen LogP contribution in [-0.4, -0.2) is 20.8 Å². The van der Waals surface area contributed by atoms with E-state index in [0.29, 0.717) is 11.7 Å². The lowest BCUT2D eigenvalue weighted by molar-refractivity contribution is 0.668. The first-order valence-electron chi connectivity index (χ1n) is 24.4. The van der Waals surface area contributed by atoms with Gasteiger partial charge in [0.25, 0.3) is 0 Å². The van der Waals surface area contributed by atoms with Crippen LogP contribution in [0.5, 0.6) is 0 Å². The zero-order chi connectivity index (χ0) is 47.0. The van der Waals surface area contributed by atoms with Crippen LogP contribution in [0.3, 0.4) is 0 Å². The number of fused-ring (bicyclic) bond motifs is 15. The van der Waals surface area contributed by atoms with Crippen molar-refractivity contribution in [1.82, 2.24) is 14.5 Å². The Bertz CT molecular complexity index is 4850. The number of aliphatic imine (C=N–C) groups is 2. The quantitative estimate of drug-likeness (QED) is 0.187. The predicted molar refractivity (Wildman–Crippen MR) is 297 cm³/mol. The van der Waals surface area contributed by atoms with Crippen molar-refractivity contribution in [3.8, 4) is 11.4 Å². The van der Waals surface area contributed by atoms with Crippen LogP contribution in [0.25, 0.3) is 120 Å². The molecule has 0 bridgehead atoms. The molecule has 16 rings (SSSR count). The third-order valence-electron chi connectivity index (χ3n) is 14.9.